The zero-order chi connectivity index (χ0) is 18.5. The molecule has 1 rings (SSSR count). The summed E-state index contributed by atoms with van der Waals surface area (Å²) in [6.07, 6.45) is -4.60. The fourth-order valence-corrected chi connectivity index (χ4v) is 1.68. The molecule has 0 fully saturated rings. The molecule has 7 nitrogen and oxygen atoms in total. The van der Waals surface area contributed by atoms with Gasteiger partial charge in [0.15, 0.2) is 6.61 Å². The van der Waals surface area contributed by atoms with Crippen LogP contribution in [0.15, 0.2) is 18.2 Å². The van der Waals surface area contributed by atoms with Crippen molar-refractivity contribution in [2.24, 2.45) is 5.73 Å². The average molecular weight is 368 g/mol. The summed E-state index contributed by atoms with van der Waals surface area (Å²) >= 11 is 5.71. The summed E-state index contributed by atoms with van der Waals surface area (Å²) in [5.74, 6) is -1.85. The molecule has 0 aliphatic rings. The van der Waals surface area contributed by atoms with E-state index in [-0.39, 0.29) is 10.7 Å². The van der Waals surface area contributed by atoms with Crippen LogP contribution in [0.25, 0.3) is 0 Å². The van der Waals surface area contributed by atoms with Crippen molar-refractivity contribution >= 4 is 35.2 Å². The van der Waals surface area contributed by atoms with Gasteiger partial charge in [0, 0.05) is 0 Å². The maximum atomic E-state index is 12.6. The Bertz CT molecular complexity index is 652. The van der Waals surface area contributed by atoms with Crippen LogP contribution in [0.4, 0.5) is 23.7 Å². The van der Waals surface area contributed by atoms with Gasteiger partial charge < -0.3 is 21.1 Å². The highest BCUT2D eigenvalue weighted by atomic mass is 35.5. The molecule has 0 aromatic heterocycles. The summed E-state index contributed by atoms with van der Waals surface area (Å²) in [6.45, 7) is 0.491. The molecular weight excluding hydrogens is 355 g/mol. The van der Waals surface area contributed by atoms with Gasteiger partial charge in [-0.05, 0) is 25.1 Å². The zero-order valence-electron chi connectivity index (χ0n) is 12.2. The number of benzene rings is 1. The number of alkyl halides is 3. The van der Waals surface area contributed by atoms with Crippen molar-refractivity contribution in [3.63, 3.8) is 0 Å². The number of anilines is 1. The number of nitrogens with one attached hydrogen (secondary N) is 2. The first-order chi connectivity index (χ1) is 11.0. The SMILES string of the molecule is C[C@@H](NC(N)=O)C(=O)OCC(=O)Nc1cc(C(F)(F)F)ccc1Cl. The van der Waals surface area contributed by atoms with Crippen LogP contribution in [0.1, 0.15) is 12.5 Å². The number of hydrogen-bond donors (Lipinski definition) is 3. The van der Waals surface area contributed by atoms with Gasteiger partial charge in [0.2, 0.25) is 0 Å². The van der Waals surface area contributed by atoms with Gasteiger partial charge in [0.1, 0.15) is 6.04 Å². The number of rotatable bonds is 5. The first-order valence-electron chi connectivity index (χ1n) is 6.40. The van der Waals surface area contributed by atoms with E-state index in [4.69, 9.17) is 17.3 Å². The van der Waals surface area contributed by atoms with Crippen LogP contribution in [-0.2, 0) is 20.5 Å². The molecule has 0 aliphatic carbocycles. The quantitative estimate of drug-likeness (QED) is 0.690. The van der Waals surface area contributed by atoms with E-state index in [1.165, 1.54) is 6.92 Å². The van der Waals surface area contributed by atoms with Crippen LogP contribution < -0.4 is 16.4 Å². The molecular formula is C13H13ClF3N3O4. The summed E-state index contributed by atoms with van der Waals surface area (Å²) in [5.41, 5.74) is 3.53. The highest BCUT2D eigenvalue weighted by Gasteiger charge is 2.31. The number of nitrogens with two attached hydrogens (primary N) is 1. The Labute approximate surface area is 139 Å². The zero-order valence-corrected chi connectivity index (χ0v) is 13.0. The number of hydrogen-bond acceptors (Lipinski definition) is 4. The molecule has 0 bridgehead atoms. The Balaban J connectivity index is 2.65. The summed E-state index contributed by atoms with van der Waals surface area (Å²) in [7, 11) is 0. The second kappa shape index (κ2) is 7.86. The van der Waals surface area contributed by atoms with Crippen LogP contribution in [0.5, 0.6) is 0 Å². The number of esters is 1. The van der Waals surface area contributed by atoms with Gasteiger partial charge in [-0.3, -0.25) is 4.79 Å². The third-order valence-electron chi connectivity index (χ3n) is 2.63. The third kappa shape index (κ3) is 5.95. The van der Waals surface area contributed by atoms with Gasteiger partial charge in [-0.1, -0.05) is 11.6 Å². The van der Waals surface area contributed by atoms with Crippen molar-refractivity contribution in [1.29, 1.82) is 0 Å². The highest BCUT2D eigenvalue weighted by Crippen LogP contribution is 2.33. The van der Waals surface area contributed by atoms with Gasteiger partial charge in [0.05, 0.1) is 16.3 Å². The molecule has 1 aromatic rings. The molecule has 0 aliphatic heterocycles. The van der Waals surface area contributed by atoms with Crippen LogP contribution in [0, 0.1) is 0 Å². The van der Waals surface area contributed by atoms with Crippen molar-refractivity contribution in [3.05, 3.63) is 28.8 Å². The number of carbonyl (C=O) groups is 3. The maximum absolute atomic E-state index is 12.6. The second-order valence-electron chi connectivity index (χ2n) is 4.58. The molecule has 0 saturated carbocycles. The van der Waals surface area contributed by atoms with Crippen LogP contribution in [0.3, 0.4) is 0 Å². The van der Waals surface area contributed by atoms with Crippen LogP contribution in [0.2, 0.25) is 5.02 Å². The van der Waals surface area contributed by atoms with Crippen LogP contribution >= 0.6 is 11.6 Å². The molecule has 0 spiro atoms. The lowest BCUT2D eigenvalue weighted by Crippen LogP contribution is -2.43. The van der Waals surface area contributed by atoms with E-state index in [2.05, 4.69) is 10.1 Å². The summed E-state index contributed by atoms with van der Waals surface area (Å²) in [4.78, 5) is 33.6. The Hall–Kier alpha value is -2.49. The fourth-order valence-electron chi connectivity index (χ4n) is 1.52. The number of amides is 3. The average Bonchev–Trinajstić information content (AvgIpc) is 2.45. The molecule has 11 heteroatoms. The Kier molecular flexibility index (Phi) is 6.41. The van der Waals surface area contributed by atoms with Crippen molar-refractivity contribution in [1.82, 2.24) is 5.32 Å². The van der Waals surface area contributed by atoms with E-state index in [9.17, 15) is 27.6 Å². The van der Waals surface area contributed by atoms with E-state index in [0.29, 0.717) is 6.07 Å². The largest absolute Gasteiger partial charge is 0.454 e. The topological polar surface area (TPSA) is 111 Å². The predicted molar refractivity (Wildman–Crippen MR) is 78.2 cm³/mol. The lowest BCUT2D eigenvalue weighted by molar-refractivity contribution is -0.148. The van der Waals surface area contributed by atoms with Crippen molar-refractivity contribution in [2.75, 3.05) is 11.9 Å². The maximum Gasteiger partial charge on any atom is 0.416 e. The molecule has 24 heavy (non-hydrogen) atoms. The van der Waals surface area contributed by atoms with Gasteiger partial charge in [-0.25, -0.2) is 9.59 Å². The number of urea groups is 1. The molecule has 1 atom stereocenters. The summed E-state index contributed by atoms with van der Waals surface area (Å²) < 4.78 is 42.4. The van der Waals surface area contributed by atoms with E-state index in [1.54, 1.807) is 0 Å². The number of carbonyl (C=O) groups excluding carboxylic acids is 3. The van der Waals surface area contributed by atoms with Gasteiger partial charge in [-0.2, -0.15) is 13.2 Å². The summed E-state index contributed by atoms with van der Waals surface area (Å²) in [6, 6.07) is 0.339. The Morgan fingerprint density at radius 2 is 1.96 bits per heavy atom. The Morgan fingerprint density at radius 1 is 1.33 bits per heavy atom. The molecule has 0 saturated heterocycles. The smallest absolute Gasteiger partial charge is 0.416 e. The lowest BCUT2D eigenvalue weighted by atomic mass is 10.2. The minimum Gasteiger partial charge on any atom is -0.454 e. The number of ether oxygens (including phenoxy) is 1. The molecule has 0 radical (unpaired) electrons. The molecule has 3 amide bonds. The van der Waals surface area contributed by atoms with Crippen molar-refractivity contribution < 1.29 is 32.3 Å². The molecule has 1 aromatic carbocycles. The van der Waals surface area contributed by atoms with Crippen LogP contribution in [-0.4, -0.2) is 30.6 Å². The minimum atomic E-state index is -4.60. The van der Waals surface area contributed by atoms with Gasteiger partial charge >= 0.3 is 18.2 Å². The molecule has 132 valence electrons. The normalized spacial score (nSPS) is 12.2. The lowest BCUT2D eigenvalue weighted by Gasteiger charge is -2.13. The van der Waals surface area contributed by atoms with E-state index in [1.807, 2.05) is 5.32 Å². The van der Waals surface area contributed by atoms with E-state index < -0.39 is 42.3 Å². The third-order valence-corrected chi connectivity index (χ3v) is 2.96. The van der Waals surface area contributed by atoms with Gasteiger partial charge in [0.25, 0.3) is 5.91 Å². The predicted octanol–water partition coefficient (Wildman–Crippen LogP) is 1.90. The Morgan fingerprint density at radius 3 is 2.50 bits per heavy atom. The molecule has 4 N–H and O–H groups in total. The monoisotopic (exact) mass is 367 g/mol. The number of primary amides is 1. The first kappa shape index (κ1) is 19.6. The highest BCUT2D eigenvalue weighted by molar-refractivity contribution is 6.33. The minimum absolute atomic E-state index is 0.119. The first-order valence-corrected chi connectivity index (χ1v) is 6.77. The van der Waals surface area contributed by atoms with E-state index in [0.717, 1.165) is 12.1 Å². The van der Waals surface area contributed by atoms with E-state index >= 15 is 0 Å². The molecule has 0 heterocycles. The second-order valence-corrected chi connectivity index (χ2v) is 4.99. The standard InChI is InChI=1S/C13H13ClF3N3O4/c1-6(19-12(18)23)11(22)24-5-10(21)20-9-4-7(13(15,16)17)2-3-8(9)14/h2-4,6H,5H2,1H3,(H,20,21)(H3,18,19,23)/t6-/m1/s1. The van der Waals surface area contributed by atoms with Crippen molar-refractivity contribution in [3.8, 4) is 0 Å². The van der Waals surface area contributed by atoms with Gasteiger partial charge in [-0.15, -0.1) is 0 Å². The fraction of sp³-hybridized carbons (Fsp3) is 0.308. The number of halogens is 4. The molecule has 0 unspecified atom stereocenters. The van der Waals surface area contributed by atoms with Crippen molar-refractivity contribution in [2.45, 2.75) is 19.1 Å². The summed E-state index contributed by atoms with van der Waals surface area (Å²) in [5, 5.41) is 4.01.